The fraction of sp³-hybridized carbons (Fsp3) is 0.571. The number of hydrogen-bond donors (Lipinski definition) is 0. The Balaban J connectivity index is 4.17. The Morgan fingerprint density at radius 1 is 1.44 bits per heavy atom. The molecule has 0 N–H and O–H groups in total. The second-order valence-corrected chi connectivity index (χ2v) is 15.1. The number of rotatable bonds is 1. The molecule has 0 aromatic rings. The molecule has 0 aliphatic rings. The molecule has 0 unspecified atom stereocenters. The third-order valence-electron chi connectivity index (χ3n) is 0.704. The topological polar surface area (TPSA) is 0 Å². The van der Waals surface area contributed by atoms with Gasteiger partial charge in [-0.3, -0.25) is 0 Å². The van der Waals surface area contributed by atoms with Gasteiger partial charge in [0.25, 0.3) is 0 Å². The van der Waals surface area contributed by atoms with Crippen molar-refractivity contribution in [3.63, 3.8) is 0 Å². The molecule has 0 heterocycles. The van der Waals surface area contributed by atoms with Gasteiger partial charge >= 0.3 is 63.9 Å². The second kappa shape index (κ2) is 3.50. The van der Waals surface area contributed by atoms with Crippen molar-refractivity contribution in [3.8, 4) is 0 Å². The molecule has 9 heavy (non-hydrogen) atoms. The molecule has 0 amide bonds. The first-order valence-electron chi connectivity index (χ1n) is 3.02. The second-order valence-electron chi connectivity index (χ2n) is 2.85. The standard InChI is InChI=1S/C7H13ClGe/c1-7(2)5-6-9(3,4)8/h6H,1-4H3. The van der Waals surface area contributed by atoms with Crippen LogP contribution in [0, 0.1) is 0 Å². The van der Waals surface area contributed by atoms with Crippen LogP contribution in [0.2, 0.25) is 11.5 Å². The first-order valence-corrected chi connectivity index (χ1v) is 11.2. The van der Waals surface area contributed by atoms with E-state index in [9.17, 15) is 0 Å². The maximum atomic E-state index is 6.03. The number of halogens is 1. The fourth-order valence-corrected chi connectivity index (χ4v) is 1.93. The summed E-state index contributed by atoms with van der Waals surface area (Å²) in [6, 6.07) is 0. The van der Waals surface area contributed by atoms with Crippen LogP contribution in [0.3, 0.4) is 0 Å². The van der Waals surface area contributed by atoms with Gasteiger partial charge in [0.2, 0.25) is 0 Å². The van der Waals surface area contributed by atoms with Crippen molar-refractivity contribution in [1.29, 1.82) is 0 Å². The van der Waals surface area contributed by atoms with Crippen LogP contribution in [0.15, 0.2) is 16.2 Å². The van der Waals surface area contributed by atoms with Crippen LogP contribution in [-0.4, -0.2) is 12.3 Å². The average Bonchev–Trinajstić information content (AvgIpc) is 1.59. The Bertz CT molecular complexity index is 143. The van der Waals surface area contributed by atoms with Gasteiger partial charge in [-0.25, -0.2) is 0 Å². The van der Waals surface area contributed by atoms with E-state index in [4.69, 9.17) is 10.0 Å². The van der Waals surface area contributed by atoms with E-state index in [2.05, 4.69) is 22.2 Å². The molecule has 0 aliphatic carbocycles. The molecular weight excluding hydrogens is 192 g/mol. The molecule has 0 rings (SSSR count). The number of hydrogen-bond acceptors (Lipinski definition) is 0. The van der Waals surface area contributed by atoms with Crippen LogP contribution < -0.4 is 0 Å². The molecule has 0 nitrogen and oxygen atoms in total. The van der Waals surface area contributed by atoms with Crippen LogP contribution in [0.5, 0.6) is 0 Å². The van der Waals surface area contributed by atoms with Gasteiger partial charge in [-0.1, -0.05) is 0 Å². The minimum absolute atomic E-state index is 1.20. The van der Waals surface area contributed by atoms with Gasteiger partial charge in [0.15, 0.2) is 0 Å². The third-order valence-corrected chi connectivity index (χ3v) is 3.01. The number of allylic oxidation sites excluding steroid dienone is 1. The molecule has 0 spiro atoms. The van der Waals surface area contributed by atoms with E-state index in [1.54, 1.807) is 0 Å². The molecule has 0 saturated heterocycles. The average molecular weight is 205 g/mol. The first kappa shape index (κ1) is 9.35. The van der Waals surface area contributed by atoms with Crippen LogP contribution in [0.1, 0.15) is 13.8 Å². The van der Waals surface area contributed by atoms with Crippen molar-refractivity contribution in [1.82, 2.24) is 0 Å². The van der Waals surface area contributed by atoms with Gasteiger partial charge in [-0.2, -0.15) is 0 Å². The Labute approximate surface area is 64.1 Å². The zero-order valence-corrected chi connectivity index (χ0v) is 9.31. The van der Waals surface area contributed by atoms with Crippen LogP contribution in [-0.2, 0) is 0 Å². The molecule has 0 saturated carbocycles. The summed E-state index contributed by atoms with van der Waals surface area (Å²) in [5.74, 6) is 4.25. The van der Waals surface area contributed by atoms with Gasteiger partial charge in [-0.15, -0.1) is 0 Å². The summed E-state index contributed by atoms with van der Waals surface area (Å²) < 4.78 is 0. The summed E-state index contributed by atoms with van der Waals surface area (Å²) in [4.78, 5) is 2.05. The van der Waals surface area contributed by atoms with E-state index in [1.165, 1.54) is 5.57 Å². The molecule has 0 bridgehead atoms. The Morgan fingerprint density at radius 2 is 1.89 bits per heavy atom. The van der Waals surface area contributed by atoms with Crippen LogP contribution in [0.4, 0.5) is 0 Å². The van der Waals surface area contributed by atoms with E-state index in [0.717, 1.165) is 0 Å². The summed E-state index contributed by atoms with van der Waals surface area (Å²) in [6.45, 7) is 4.06. The zero-order chi connectivity index (χ0) is 7.49. The molecule has 0 aliphatic heterocycles. The van der Waals surface area contributed by atoms with Crippen molar-refractivity contribution < 1.29 is 0 Å². The normalized spacial score (nSPS) is 10.3. The predicted octanol–water partition coefficient (Wildman–Crippen LogP) is 3.09. The maximum absolute atomic E-state index is 6.03. The Kier molecular flexibility index (Phi) is 3.64. The van der Waals surface area contributed by atoms with Crippen molar-refractivity contribution in [2.24, 2.45) is 0 Å². The van der Waals surface area contributed by atoms with Crippen molar-refractivity contribution in [3.05, 3.63) is 16.2 Å². The van der Waals surface area contributed by atoms with Gasteiger partial charge < -0.3 is 0 Å². The molecule has 0 aromatic heterocycles. The molecular formula is C7H13ClGe. The molecule has 2 heteroatoms. The van der Waals surface area contributed by atoms with Gasteiger partial charge in [0.1, 0.15) is 0 Å². The Hall–Kier alpha value is 0.353. The quantitative estimate of drug-likeness (QED) is 0.456. The summed E-state index contributed by atoms with van der Waals surface area (Å²) in [5, 5.41) is 0. The van der Waals surface area contributed by atoms with Gasteiger partial charge in [-0.05, 0) is 0 Å². The predicted molar refractivity (Wildman–Crippen MR) is 46.3 cm³/mol. The SMILES string of the molecule is CC(C)=C=[CH][Ge]([CH3])([CH3])[Cl]. The monoisotopic (exact) mass is 206 g/mol. The summed E-state index contributed by atoms with van der Waals surface area (Å²) >= 11 is -1.94. The third kappa shape index (κ3) is 8.35. The fourth-order valence-electron chi connectivity index (χ4n) is 0.316. The first-order chi connectivity index (χ1) is 3.92. The van der Waals surface area contributed by atoms with Crippen molar-refractivity contribution in [2.75, 3.05) is 0 Å². The van der Waals surface area contributed by atoms with Crippen LogP contribution >= 0.6 is 10.0 Å². The van der Waals surface area contributed by atoms with Crippen molar-refractivity contribution in [2.45, 2.75) is 25.4 Å². The molecule has 0 atom stereocenters. The summed E-state index contributed by atoms with van der Waals surface area (Å²) in [5.41, 5.74) is 4.33. The Morgan fingerprint density at radius 3 is 2.00 bits per heavy atom. The van der Waals surface area contributed by atoms with Gasteiger partial charge in [0, 0.05) is 0 Å². The zero-order valence-electron chi connectivity index (χ0n) is 6.46. The molecule has 0 fully saturated rings. The van der Waals surface area contributed by atoms with E-state index in [1.807, 2.05) is 13.8 Å². The summed E-state index contributed by atoms with van der Waals surface area (Å²) in [6.07, 6.45) is 0. The van der Waals surface area contributed by atoms with E-state index in [0.29, 0.717) is 0 Å². The molecule has 0 radical (unpaired) electrons. The van der Waals surface area contributed by atoms with E-state index in [-0.39, 0.29) is 0 Å². The van der Waals surface area contributed by atoms with Crippen molar-refractivity contribution >= 4 is 22.3 Å². The minimum atomic E-state index is -1.94. The summed E-state index contributed by atoms with van der Waals surface area (Å²) in [7, 11) is 6.03. The molecule has 0 aromatic carbocycles. The van der Waals surface area contributed by atoms with E-state index >= 15 is 0 Å². The van der Waals surface area contributed by atoms with Gasteiger partial charge in [0.05, 0.1) is 0 Å². The van der Waals surface area contributed by atoms with Crippen LogP contribution in [0.25, 0.3) is 0 Å². The van der Waals surface area contributed by atoms with E-state index < -0.39 is 12.3 Å². The molecule has 52 valence electrons.